The molecule has 0 spiro atoms. The number of hydrogen-bond donors (Lipinski definition) is 0. The van der Waals surface area contributed by atoms with Gasteiger partial charge in [0.2, 0.25) is 0 Å². The van der Waals surface area contributed by atoms with Crippen molar-refractivity contribution in [2.45, 2.75) is 0 Å². The summed E-state index contributed by atoms with van der Waals surface area (Å²) in [4.78, 5) is 36.7. The Balaban J connectivity index is 0.737. The molecule has 66 heavy (non-hydrogen) atoms. The zero-order chi connectivity index (χ0) is 44.1. The minimum absolute atomic E-state index is 0.856. The van der Waals surface area contributed by atoms with Crippen LogP contribution in [0.5, 0.6) is 0 Å². The highest BCUT2D eigenvalue weighted by molar-refractivity contribution is 5.85. The molecule has 8 heteroatoms. The predicted molar refractivity (Wildman–Crippen MR) is 263 cm³/mol. The second kappa shape index (κ2) is 17.9. The van der Waals surface area contributed by atoms with Crippen molar-refractivity contribution in [3.63, 3.8) is 0 Å². The molecule has 0 aliphatic carbocycles. The molecule has 8 heterocycles. The first-order chi connectivity index (χ1) is 32.7. The number of nitrogens with zero attached hydrogens (tertiary/aromatic N) is 8. The molecule has 0 saturated carbocycles. The Bertz CT molecular complexity index is 3130. The van der Waals surface area contributed by atoms with Gasteiger partial charge < -0.3 is 0 Å². The number of aromatic nitrogens is 8. The smallest absolute Gasteiger partial charge is 0.0717 e. The fourth-order valence-electron chi connectivity index (χ4n) is 8.03. The number of rotatable bonds is 10. The van der Waals surface area contributed by atoms with Crippen LogP contribution in [0.3, 0.4) is 0 Å². The van der Waals surface area contributed by atoms with E-state index in [0.29, 0.717) is 0 Å². The number of pyridine rings is 8. The van der Waals surface area contributed by atoms with Crippen LogP contribution < -0.4 is 0 Å². The highest BCUT2D eigenvalue weighted by Gasteiger charge is 2.11. The molecule has 0 saturated heterocycles. The molecule has 0 unspecified atom stereocenters. The van der Waals surface area contributed by atoms with Crippen LogP contribution in [0.1, 0.15) is 0 Å². The molecule has 0 fully saturated rings. The van der Waals surface area contributed by atoms with E-state index < -0.39 is 0 Å². The van der Waals surface area contributed by atoms with E-state index >= 15 is 0 Å². The Morgan fingerprint density at radius 1 is 0.182 bits per heavy atom. The predicted octanol–water partition coefficient (Wildman–Crippen LogP) is 13.5. The maximum Gasteiger partial charge on any atom is 0.0717 e. The summed E-state index contributed by atoms with van der Waals surface area (Å²) < 4.78 is 0. The SMILES string of the molecule is c1cncc(-c2ccc(-c3ccc(-c4ccc(-c5ccc(-c6ccccc6-c6ccc(-c7ccc(-c8ccc(-c9ccc(-c%10cccnc%10)nc9)nc8)nc7)cc6)cc5)cn4)cn3)cn2)c1. The van der Waals surface area contributed by atoms with Crippen molar-refractivity contribution in [3.8, 4) is 112 Å². The normalized spacial score (nSPS) is 11.0. The van der Waals surface area contributed by atoms with E-state index in [1.54, 1.807) is 12.4 Å². The van der Waals surface area contributed by atoms with Crippen molar-refractivity contribution in [3.05, 3.63) is 232 Å². The van der Waals surface area contributed by atoms with E-state index in [1.807, 2.05) is 122 Å². The van der Waals surface area contributed by atoms with Crippen LogP contribution >= 0.6 is 0 Å². The van der Waals surface area contributed by atoms with Gasteiger partial charge in [-0.1, -0.05) is 84.9 Å². The molecular formula is C58H38N8. The Morgan fingerprint density at radius 3 is 0.697 bits per heavy atom. The molecule has 3 aromatic carbocycles. The second-order valence-electron chi connectivity index (χ2n) is 15.8. The second-order valence-corrected chi connectivity index (χ2v) is 15.8. The topological polar surface area (TPSA) is 103 Å². The van der Waals surface area contributed by atoms with E-state index in [2.05, 4.69) is 117 Å². The molecule has 0 atom stereocenters. The van der Waals surface area contributed by atoms with E-state index in [4.69, 9.17) is 19.9 Å². The molecule has 0 radical (unpaired) electrons. The molecule has 8 aromatic heterocycles. The Labute approximate surface area is 382 Å². The largest absolute Gasteiger partial charge is 0.264 e. The summed E-state index contributed by atoms with van der Waals surface area (Å²) in [5.74, 6) is 0. The summed E-state index contributed by atoms with van der Waals surface area (Å²) in [5, 5.41) is 0. The Morgan fingerprint density at radius 2 is 0.439 bits per heavy atom. The van der Waals surface area contributed by atoms with Crippen LogP contribution in [0.4, 0.5) is 0 Å². The van der Waals surface area contributed by atoms with Gasteiger partial charge in [-0.25, -0.2) is 0 Å². The van der Waals surface area contributed by atoms with Crippen LogP contribution in [-0.2, 0) is 0 Å². The molecule has 11 rings (SSSR count). The molecule has 0 N–H and O–H groups in total. The summed E-state index contributed by atoms with van der Waals surface area (Å²) in [6.45, 7) is 0. The minimum atomic E-state index is 0.856. The van der Waals surface area contributed by atoms with Crippen LogP contribution in [0.25, 0.3) is 112 Å². The van der Waals surface area contributed by atoms with Crippen LogP contribution in [-0.4, -0.2) is 39.9 Å². The molecule has 0 aliphatic heterocycles. The van der Waals surface area contributed by atoms with Crippen LogP contribution in [0.2, 0.25) is 0 Å². The van der Waals surface area contributed by atoms with Crippen molar-refractivity contribution in [1.29, 1.82) is 0 Å². The summed E-state index contributed by atoms with van der Waals surface area (Å²) in [6.07, 6.45) is 18.4. The van der Waals surface area contributed by atoms with Gasteiger partial charge in [0.15, 0.2) is 0 Å². The summed E-state index contributed by atoms with van der Waals surface area (Å²) in [5.41, 5.74) is 19.9. The third-order valence-electron chi connectivity index (χ3n) is 11.7. The molecule has 8 nitrogen and oxygen atoms in total. The van der Waals surface area contributed by atoms with Gasteiger partial charge in [0.05, 0.1) is 34.2 Å². The average Bonchev–Trinajstić information content (AvgIpc) is 3.42. The van der Waals surface area contributed by atoms with Gasteiger partial charge in [-0.05, 0) is 118 Å². The lowest BCUT2D eigenvalue weighted by Gasteiger charge is -2.12. The van der Waals surface area contributed by atoms with Gasteiger partial charge in [-0.2, -0.15) is 0 Å². The van der Waals surface area contributed by atoms with Crippen LogP contribution in [0, 0.1) is 0 Å². The van der Waals surface area contributed by atoms with Gasteiger partial charge in [0.25, 0.3) is 0 Å². The monoisotopic (exact) mass is 846 g/mol. The first kappa shape index (κ1) is 39.7. The maximum absolute atomic E-state index is 4.81. The molecule has 310 valence electrons. The highest BCUT2D eigenvalue weighted by atomic mass is 14.7. The fourth-order valence-corrected chi connectivity index (χ4v) is 8.03. The van der Waals surface area contributed by atoms with Crippen molar-refractivity contribution in [2.24, 2.45) is 0 Å². The van der Waals surface area contributed by atoms with E-state index in [0.717, 1.165) is 101 Å². The van der Waals surface area contributed by atoms with Gasteiger partial charge in [-0.15, -0.1) is 0 Å². The number of benzene rings is 3. The quantitative estimate of drug-likeness (QED) is 0.134. The standard InChI is InChI=1S/C58H38N8/c1-2-8-52(42-15-11-40(12-16-42)44-18-24-56(62-34-44)48-22-28-58(66-38-48)50-20-26-54(64-36-50)46-6-4-30-60-32-46)51(7-1)41-13-9-39(10-14-41)43-17-23-55(61-33-43)47-21-27-57(65-37-47)49-19-25-53(63-35-49)45-5-3-29-59-31-45/h1-38H. The number of hydrogen-bond acceptors (Lipinski definition) is 8. The zero-order valence-electron chi connectivity index (χ0n) is 35.5. The molecule has 0 aliphatic rings. The molecule has 0 amide bonds. The Kier molecular flexibility index (Phi) is 10.8. The van der Waals surface area contributed by atoms with Crippen LogP contribution in [0.15, 0.2) is 232 Å². The fraction of sp³-hybridized carbons (Fsp3) is 0. The molecule has 11 aromatic rings. The molecule has 0 bridgehead atoms. The minimum Gasteiger partial charge on any atom is -0.264 e. The first-order valence-corrected chi connectivity index (χ1v) is 21.6. The summed E-state index contributed by atoms with van der Waals surface area (Å²) in [6, 6.07) is 58.3. The van der Waals surface area contributed by atoms with Crippen molar-refractivity contribution < 1.29 is 0 Å². The summed E-state index contributed by atoms with van der Waals surface area (Å²) in [7, 11) is 0. The maximum atomic E-state index is 4.81. The highest BCUT2D eigenvalue weighted by Crippen LogP contribution is 2.35. The Hall–Kier alpha value is -9.14. The van der Waals surface area contributed by atoms with Gasteiger partial charge in [0, 0.05) is 106 Å². The lowest BCUT2D eigenvalue weighted by atomic mass is 9.92. The third-order valence-corrected chi connectivity index (χ3v) is 11.7. The van der Waals surface area contributed by atoms with Crippen molar-refractivity contribution in [1.82, 2.24) is 39.9 Å². The van der Waals surface area contributed by atoms with Gasteiger partial charge in [-0.3, -0.25) is 39.9 Å². The summed E-state index contributed by atoms with van der Waals surface area (Å²) >= 11 is 0. The van der Waals surface area contributed by atoms with Gasteiger partial charge >= 0.3 is 0 Å². The lowest BCUT2D eigenvalue weighted by molar-refractivity contribution is 1.25. The van der Waals surface area contributed by atoms with Crippen molar-refractivity contribution in [2.75, 3.05) is 0 Å². The van der Waals surface area contributed by atoms with Crippen molar-refractivity contribution >= 4 is 0 Å². The van der Waals surface area contributed by atoms with E-state index in [-0.39, 0.29) is 0 Å². The van der Waals surface area contributed by atoms with E-state index in [1.165, 1.54) is 11.1 Å². The van der Waals surface area contributed by atoms with E-state index in [9.17, 15) is 0 Å². The molecular weight excluding hydrogens is 809 g/mol. The third kappa shape index (κ3) is 8.37. The lowest BCUT2D eigenvalue weighted by Crippen LogP contribution is -1.90. The first-order valence-electron chi connectivity index (χ1n) is 21.6. The zero-order valence-corrected chi connectivity index (χ0v) is 35.5. The average molecular weight is 847 g/mol. The van der Waals surface area contributed by atoms with Gasteiger partial charge in [0.1, 0.15) is 0 Å².